The highest BCUT2D eigenvalue weighted by atomic mass is 16.6. The number of aliphatic hydroxyl groups is 9. The molecule has 2 aliphatic heterocycles. The molecule has 6 aliphatic rings. The lowest BCUT2D eigenvalue weighted by atomic mass is 9.47. The molecule has 6 rings (SSSR count). The van der Waals surface area contributed by atoms with Gasteiger partial charge in [0.05, 0.1) is 182 Å². The Labute approximate surface area is 645 Å². The number of ether oxygens (including phenoxy) is 15. The lowest BCUT2D eigenvalue weighted by Crippen LogP contribution is -2.58. The molecule has 0 bridgehead atoms. The number of amides is 3. The van der Waals surface area contributed by atoms with Gasteiger partial charge in [0.1, 0.15) is 37.6 Å². The number of rotatable bonds is 59. The molecule has 31 heteroatoms. The summed E-state index contributed by atoms with van der Waals surface area (Å²) in [6.07, 6.45) is 1.83. The van der Waals surface area contributed by atoms with Crippen LogP contribution in [0.3, 0.4) is 0 Å². The van der Waals surface area contributed by atoms with Gasteiger partial charge in [-0.05, 0) is 111 Å². The van der Waals surface area contributed by atoms with E-state index in [1.54, 1.807) is 14.0 Å². The fraction of sp³-hybridized carbons (Fsp3) is 0.897. The highest BCUT2D eigenvalue weighted by molar-refractivity contribution is 5.89. The third-order valence-electron chi connectivity index (χ3n) is 23.0. The van der Waals surface area contributed by atoms with Crippen molar-refractivity contribution >= 4 is 23.9 Å². The van der Waals surface area contributed by atoms with E-state index in [1.165, 1.54) is 60.3 Å². The second-order valence-corrected chi connectivity index (χ2v) is 31.0. The molecular formula is C78H137N3O28. The zero-order valence-electron chi connectivity index (χ0n) is 66.2. The summed E-state index contributed by atoms with van der Waals surface area (Å²) in [6.45, 7) is 19.2. The van der Waals surface area contributed by atoms with Gasteiger partial charge in [0.2, 0.25) is 17.6 Å². The Morgan fingerprint density at radius 2 is 1.20 bits per heavy atom. The van der Waals surface area contributed by atoms with Crippen molar-refractivity contribution in [2.24, 2.45) is 58.2 Å². The molecule has 3 amide bonds. The lowest BCUT2D eigenvalue weighted by molar-refractivity contribution is -0.209. The Hall–Kier alpha value is -4.04. The molecule has 0 radical (unpaired) electrons. The van der Waals surface area contributed by atoms with Crippen molar-refractivity contribution in [2.45, 2.75) is 186 Å². The minimum atomic E-state index is -2.07. The van der Waals surface area contributed by atoms with Gasteiger partial charge in [0.25, 0.3) is 0 Å². The highest BCUT2D eigenvalue weighted by Crippen LogP contribution is 2.67. The first-order valence-electron chi connectivity index (χ1n) is 40.2. The predicted molar refractivity (Wildman–Crippen MR) is 397 cm³/mol. The van der Waals surface area contributed by atoms with E-state index in [9.17, 15) is 65.1 Å². The first kappa shape index (κ1) is 93.8. The first-order valence-corrected chi connectivity index (χ1v) is 40.2. The van der Waals surface area contributed by atoms with Crippen LogP contribution in [0.25, 0.3) is 0 Å². The van der Waals surface area contributed by atoms with Gasteiger partial charge < -0.3 is 132 Å². The molecular weight excluding hydrogens is 1430 g/mol. The van der Waals surface area contributed by atoms with E-state index >= 15 is 0 Å². The van der Waals surface area contributed by atoms with Gasteiger partial charge >= 0.3 is 12.1 Å². The van der Waals surface area contributed by atoms with Crippen LogP contribution in [0.2, 0.25) is 0 Å². The Balaban J connectivity index is 0.950. The second-order valence-electron chi connectivity index (χ2n) is 31.0. The van der Waals surface area contributed by atoms with Crippen molar-refractivity contribution in [2.75, 3.05) is 205 Å². The summed E-state index contributed by atoms with van der Waals surface area (Å²) in [5.74, 6) is -1.97. The maximum absolute atomic E-state index is 14.2. The SMILES string of the molecule is COCCOCCOCCOCCOCCOCCOCCOCCOCCOCCOC(=O)N(CCCNC(=O)C(C1C[C@@H](O)[C@@H](O)[C@@H](CO)O1)[C@@H](O)[C@H](O)[C@H](O)CO)CCCN(C[C@H](C)[C@H]1OC(=O)C(O)=C1O)C(=O)COCCOC1CC[C@@]2(C)C(=CC[C@@H]3C2CCC2(C)C([C@H](C)CCCC(C)C)CC[C@@H]32)C1. The number of cyclic esters (lactones) is 1. The van der Waals surface area contributed by atoms with Crippen molar-refractivity contribution in [1.29, 1.82) is 0 Å². The molecule has 0 aromatic rings. The molecule has 4 aliphatic carbocycles. The third-order valence-corrected chi connectivity index (χ3v) is 23.0. The summed E-state index contributed by atoms with van der Waals surface area (Å²) >= 11 is 0. The number of methoxy groups -OCH3 is 1. The Kier molecular flexibility index (Phi) is 43.9. The average Bonchev–Trinajstić information content (AvgIpc) is 1.66. The van der Waals surface area contributed by atoms with Crippen molar-refractivity contribution in [1.82, 2.24) is 15.1 Å². The molecule has 18 atom stereocenters. The lowest BCUT2D eigenvalue weighted by Gasteiger charge is -2.58. The zero-order chi connectivity index (χ0) is 79.1. The number of esters is 1. The fourth-order valence-corrected chi connectivity index (χ4v) is 17.0. The monoisotopic (exact) mass is 1560 g/mol. The number of hydrogen-bond donors (Lipinski definition) is 10. The summed E-state index contributed by atoms with van der Waals surface area (Å²) in [7, 11) is 1.62. The molecule has 3 saturated carbocycles. The Bertz CT molecular complexity index is 2630. The first-order chi connectivity index (χ1) is 52.5. The van der Waals surface area contributed by atoms with Gasteiger partial charge in [-0.1, -0.05) is 72.5 Å². The van der Waals surface area contributed by atoms with E-state index in [2.05, 4.69) is 46.0 Å². The number of allylic oxidation sites excluding steroid dienone is 1. The smallest absolute Gasteiger partial charge is 0.409 e. The summed E-state index contributed by atoms with van der Waals surface area (Å²) in [5.41, 5.74) is 2.10. The highest BCUT2D eigenvalue weighted by Gasteiger charge is 2.59. The van der Waals surface area contributed by atoms with E-state index in [1.807, 2.05) is 0 Å². The van der Waals surface area contributed by atoms with Crippen LogP contribution in [0.4, 0.5) is 4.79 Å². The van der Waals surface area contributed by atoms with Gasteiger partial charge in [-0.2, -0.15) is 0 Å². The summed E-state index contributed by atoms with van der Waals surface area (Å²) in [4.78, 5) is 57.2. The quantitative estimate of drug-likeness (QED) is 0.0235. The second kappa shape index (κ2) is 51.0. The van der Waals surface area contributed by atoms with Gasteiger partial charge in [-0.15, -0.1) is 0 Å². The molecule has 10 N–H and O–H groups in total. The van der Waals surface area contributed by atoms with Crippen LogP contribution in [0.1, 0.15) is 131 Å². The van der Waals surface area contributed by atoms with Gasteiger partial charge in [-0.3, -0.25) is 9.59 Å². The minimum Gasteiger partial charge on any atom is -0.505 e. The van der Waals surface area contributed by atoms with Crippen LogP contribution in [-0.4, -0.2) is 340 Å². The molecule has 109 heavy (non-hydrogen) atoms. The van der Waals surface area contributed by atoms with E-state index in [0.717, 1.165) is 55.3 Å². The molecule has 6 unspecified atom stereocenters. The van der Waals surface area contributed by atoms with E-state index in [4.69, 9.17) is 71.1 Å². The van der Waals surface area contributed by atoms with Crippen molar-refractivity contribution < 1.29 is 136 Å². The van der Waals surface area contributed by atoms with Crippen LogP contribution in [0, 0.1) is 58.2 Å². The molecule has 2 heterocycles. The number of aliphatic hydroxyl groups excluding tert-OH is 9. The minimum absolute atomic E-state index is 0.00104. The topological polar surface area (TPSA) is 407 Å². The van der Waals surface area contributed by atoms with Gasteiger partial charge in [0.15, 0.2) is 11.9 Å². The van der Waals surface area contributed by atoms with Crippen molar-refractivity contribution in [3.63, 3.8) is 0 Å². The molecule has 1 saturated heterocycles. The molecule has 31 nitrogen and oxygen atoms in total. The number of hydrogen-bond acceptors (Lipinski definition) is 28. The van der Waals surface area contributed by atoms with Crippen LogP contribution in [-0.2, 0) is 85.4 Å². The summed E-state index contributed by atoms with van der Waals surface area (Å²) in [5, 5.41) is 96.1. The zero-order valence-corrected chi connectivity index (χ0v) is 66.2. The van der Waals surface area contributed by atoms with E-state index < -0.39 is 116 Å². The Morgan fingerprint density at radius 3 is 1.75 bits per heavy atom. The maximum Gasteiger partial charge on any atom is 0.409 e. The summed E-state index contributed by atoms with van der Waals surface area (Å²) < 4.78 is 83.7. The normalized spacial score (nSPS) is 27.1. The number of nitrogens with one attached hydrogen (secondary N) is 1. The van der Waals surface area contributed by atoms with Crippen molar-refractivity contribution in [3.8, 4) is 0 Å². The van der Waals surface area contributed by atoms with Crippen LogP contribution >= 0.6 is 0 Å². The van der Waals surface area contributed by atoms with Crippen molar-refractivity contribution in [3.05, 3.63) is 23.2 Å². The number of carbonyl (C=O) groups excluding carboxylic acids is 4. The Morgan fingerprint density at radius 1 is 0.642 bits per heavy atom. The molecule has 4 fully saturated rings. The van der Waals surface area contributed by atoms with E-state index in [-0.39, 0.29) is 103 Å². The molecule has 0 aromatic heterocycles. The van der Waals surface area contributed by atoms with Crippen LogP contribution in [0.5, 0.6) is 0 Å². The number of nitrogens with zero attached hydrogens (tertiary/aromatic N) is 2. The van der Waals surface area contributed by atoms with E-state index in [0.29, 0.717) is 117 Å². The largest absolute Gasteiger partial charge is 0.505 e. The number of carbonyl (C=O) groups is 4. The maximum atomic E-state index is 14.2. The third kappa shape index (κ3) is 30.3. The molecule has 632 valence electrons. The van der Waals surface area contributed by atoms with Crippen LogP contribution in [0.15, 0.2) is 23.2 Å². The predicted octanol–water partition coefficient (Wildman–Crippen LogP) is 3.84. The fourth-order valence-electron chi connectivity index (χ4n) is 17.0. The number of fused-ring (bicyclic) bond motifs is 5. The standard InChI is InChI=1S/C78H137N3O28/c1-53(2)11-8-12-54(3)59-15-16-60-58-14-13-56-47-57(17-19-77(56,5)61(58)18-20-78(59,60)6)106-45-44-105-52-66(86)81(49-55(4)73-71(90)72(91)75(93)109-73)24-10-23-80(22-9-21-79-74(92)67(70(89)69(88)63(85)50-82)64-48-62(84)68(87)65(51-83)108-64)76(94)107-46-43-104-42-41-103-40-39-102-38-37-101-36-35-100-34-33-99-32-31-98-30-29-97-28-27-96-26-25-95-7/h13,53-55,57-65,67-70,73,82-85,87-91H,8-12,14-52H2,1-7H3,(H,79,92)/t54-,55+,57?,58+,59?,60+,61?,62-,63-,64?,65-,67?,68-,69-,70-,73-,77+,78?/m1/s1. The van der Waals surface area contributed by atoms with Crippen LogP contribution < -0.4 is 5.32 Å². The average molecular weight is 1560 g/mol. The van der Waals surface area contributed by atoms with Gasteiger partial charge in [-0.25, -0.2) is 9.59 Å². The summed E-state index contributed by atoms with van der Waals surface area (Å²) in [6, 6.07) is 0. The molecule has 0 spiro atoms. The van der Waals surface area contributed by atoms with Gasteiger partial charge in [0, 0.05) is 52.2 Å². The molecule has 0 aromatic carbocycles.